The second-order valence-corrected chi connectivity index (χ2v) is 4.24. The summed E-state index contributed by atoms with van der Waals surface area (Å²) in [6.45, 7) is 3.81. The molecule has 0 aliphatic carbocycles. The summed E-state index contributed by atoms with van der Waals surface area (Å²) in [5.41, 5.74) is 0.742. The van der Waals surface area contributed by atoms with Gasteiger partial charge in [-0.1, -0.05) is 38.3 Å². The maximum absolute atomic E-state index is 11.8. The molecule has 0 amide bonds. The Morgan fingerprint density at radius 1 is 1.12 bits per heavy atom. The van der Waals surface area contributed by atoms with Crippen LogP contribution in [0.1, 0.15) is 31.4 Å². The first-order valence-electron chi connectivity index (χ1n) is 6.12. The fourth-order valence-electron chi connectivity index (χ4n) is 1.93. The van der Waals surface area contributed by atoms with Crippen molar-refractivity contribution >= 4 is 11.0 Å². The zero-order chi connectivity index (χ0) is 12.1. The van der Waals surface area contributed by atoms with Crippen LogP contribution in [0.15, 0.2) is 39.5 Å². The van der Waals surface area contributed by atoms with Crippen molar-refractivity contribution < 1.29 is 4.42 Å². The number of aryl methyl sites for hydroxylation is 1. The van der Waals surface area contributed by atoms with Crippen molar-refractivity contribution in [3.8, 4) is 0 Å². The van der Waals surface area contributed by atoms with Crippen molar-refractivity contribution in [2.75, 3.05) is 0 Å². The van der Waals surface area contributed by atoms with Gasteiger partial charge < -0.3 is 4.42 Å². The minimum absolute atomic E-state index is 0.0546. The van der Waals surface area contributed by atoms with Crippen LogP contribution in [0, 0.1) is 6.92 Å². The molecule has 0 aliphatic heterocycles. The standard InChI is InChI=1S/C15H17O2/c1-2-3-4-5-8-12-11-14(16)13-9-6-7-10-15(13)17-12/h6-7,9-11H,1-5,8H2. The van der Waals surface area contributed by atoms with Crippen LogP contribution in [0.25, 0.3) is 11.0 Å². The van der Waals surface area contributed by atoms with Crippen molar-refractivity contribution in [2.45, 2.75) is 32.1 Å². The minimum atomic E-state index is 0.0546. The molecular weight excluding hydrogens is 212 g/mol. The SMILES string of the molecule is [CH2]CCCCCc1cc(=O)c2ccccc2o1. The van der Waals surface area contributed by atoms with Crippen LogP contribution in [0.2, 0.25) is 0 Å². The van der Waals surface area contributed by atoms with Gasteiger partial charge in [0.1, 0.15) is 11.3 Å². The molecule has 1 aromatic heterocycles. The maximum Gasteiger partial charge on any atom is 0.192 e. The normalized spacial score (nSPS) is 10.9. The first-order valence-corrected chi connectivity index (χ1v) is 6.12. The van der Waals surface area contributed by atoms with Crippen molar-refractivity contribution in [1.29, 1.82) is 0 Å². The number of fused-ring (bicyclic) bond motifs is 1. The molecular formula is C15H17O2. The smallest absolute Gasteiger partial charge is 0.192 e. The minimum Gasteiger partial charge on any atom is -0.461 e. The number of rotatable bonds is 5. The molecule has 0 aliphatic rings. The number of para-hydroxylation sites is 1. The molecule has 89 valence electrons. The van der Waals surface area contributed by atoms with E-state index in [4.69, 9.17) is 4.42 Å². The average molecular weight is 229 g/mol. The fraction of sp³-hybridized carbons (Fsp3) is 0.333. The van der Waals surface area contributed by atoms with E-state index in [9.17, 15) is 4.79 Å². The predicted molar refractivity (Wildman–Crippen MR) is 70.0 cm³/mol. The third-order valence-corrected chi connectivity index (χ3v) is 2.86. The van der Waals surface area contributed by atoms with E-state index in [-0.39, 0.29) is 5.43 Å². The van der Waals surface area contributed by atoms with Gasteiger partial charge in [-0.2, -0.15) is 0 Å². The predicted octanol–water partition coefficient (Wildman–Crippen LogP) is 3.73. The summed E-state index contributed by atoms with van der Waals surface area (Å²) in [7, 11) is 0. The molecule has 2 heteroatoms. The number of unbranched alkanes of at least 4 members (excludes halogenated alkanes) is 3. The molecule has 0 atom stereocenters. The van der Waals surface area contributed by atoms with Crippen molar-refractivity contribution in [3.05, 3.63) is 53.2 Å². The molecule has 1 radical (unpaired) electrons. The van der Waals surface area contributed by atoms with Gasteiger partial charge >= 0.3 is 0 Å². The number of hydrogen-bond donors (Lipinski definition) is 0. The molecule has 1 aromatic carbocycles. The lowest BCUT2D eigenvalue weighted by molar-refractivity contribution is 0.517. The van der Waals surface area contributed by atoms with Crippen LogP contribution in [0.3, 0.4) is 0 Å². The average Bonchev–Trinajstić information content (AvgIpc) is 2.35. The van der Waals surface area contributed by atoms with Crippen molar-refractivity contribution in [3.63, 3.8) is 0 Å². The van der Waals surface area contributed by atoms with Crippen LogP contribution < -0.4 is 5.43 Å². The summed E-state index contributed by atoms with van der Waals surface area (Å²) in [5, 5.41) is 0.661. The van der Waals surface area contributed by atoms with Gasteiger partial charge in [-0.3, -0.25) is 4.79 Å². The van der Waals surface area contributed by atoms with E-state index in [2.05, 4.69) is 6.92 Å². The zero-order valence-corrected chi connectivity index (χ0v) is 9.95. The van der Waals surface area contributed by atoms with Gasteiger partial charge in [0.05, 0.1) is 5.39 Å². The zero-order valence-electron chi connectivity index (χ0n) is 9.95. The first-order chi connectivity index (χ1) is 8.31. The highest BCUT2D eigenvalue weighted by Gasteiger charge is 2.03. The molecule has 1 heterocycles. The van der Waals surface area contributed by atoms with Crippen LogP contribution in [-0.2, 0) is 6.42 Å². The van der Waals surface area contributed by atoms with Gasteiger partial charge in [0.25, 0.3) is 0 Å². The van der Waals surface area contributed by atoms with Crippen LogP contribution in [0.5, 0.6) is 0 Å². The molecule has 0 saturated heterocycles. The van der Waals surface area contributed by atoms with E-state index < -0.39 is 0 Å². The van der Waals surface area contributed by atoms with E-state index in [1.807, 2.05) is 18.2 Å². The summed E-state index contributed by atoms with van der Waals surface area (Å²) in [5.74, 6) is 0.790. The van der Waals surface area contributed by atoms with E-state index in [1.54, 1.807) is 12.1 Å². The van der Waals surface area contributed by atoms with Gasteiger partial charge in [-0.25, -0.2) is 0 Å². The number of hydrogen-bond acceptors (Lipinski definition) is 2. The molecule has 0 N–H and O–H groups in total. The quantitative estimate of drug-likeness (QED) is 0.731. The van der Waals surface area contributed by atoms with E-state index >= 15 is 0 Å². The number of benzene rings is 1. The summed E-state index contributed by atoms with van der Waals surface area (Å²) in [6, 6.07) is 9.00. The second kappa shape index (κ2) is 5.67. The maximum atomic E-state index is 11.8. The molecule has 17 heavy (non-hydrogen) atoms. The summed E-state index contributed by atoms with van der Waals surface area (Å²) < 4.78 is 5.71. The largest absolute Gasteiger partial charge is 0.461 e. The Hall–Kier alpha value is -1.57. The van der Waals surface area contributed by atoms with Gasteiger partial charge in [0.15, 0.2) is 5.43 Å². The molecule has 2 nitrogen and oxygen atoms in total. The molecule has 2 aromatic rings. The lowest BCUT2D eigenvalue weighted by atomic mass is 10.1. The molecule has 0 spiro atoms. The Morgan fingerprint density at radius 2 is 1.94 bits per heavy atom. The highest BCUT2D eigenvalue weighted by molar-refractivity contribution is 5.76. The lowest BCUT2D eigenvalue weighted by Crippen LogP contribution is -2.02. The van der Waals surface area contributed by atoms with Crippen LogP contribution in [-0.4, -0.2) is 0 Å². The Bertz CT molecular complexity index is 540. The van der Waals surface area contributed by atoms with Crippen molar-refractivity contribution in [1.82, 2.24) is 0 Å². The van der Waals surface area contributed by atoms with E-state index in [1.165, 1.54) is 0 Å². The van der Waals surface area contributed by atoms with E-state index in [0.717, 1.165) is 37.9 Å². The molecule has 0 fully saturated rings. The van der Waals surface area contributed by atoms with Gasteiger partial charge in [0, 0.05) is 12.5 Å². The van der Waals surface area contributed by atoms with Crippen LogP contribution >= 0.6 is 0 Å². The molecule has 2 rings (SSSR count). The molecule has 0 saturated carbocycles. The van der Waals surface area contributed by atoms with E-state index in [0.29, 0.717) is 11.0 Å². The third-order valence-electron chi connectivity index (χ3n) is 2.86. The van der Waals surface area contributed by atoms with Crippen LogP contribution in [0.4, 0.5) is 0 Å². The van der Waals surface area contributed by atoms with Gasteiger partial charge in [-0.05, 0) is 18.6 Å². The molecule has 0 unspecified atom stereocenters. The van der Waals surface area contributed by atoms with Gasteiger partial charge in [0.2, 0.25) is 0 Å². The highest BCUT2D eigenvalue weighted by Crippen LogP contribution is 2.13. The topological polar surface area (TPSA) is 30.2 Å². The second-order valence-electron chi connectivity index (χ2n) is 4.24. The lowest BCUT2D eigenvalue weighted by Gasteiger charge is -2.02. The highest BCUT2D eigenvalue weighted by atomic mass is 16.3. The first kappa shape index (κ1) is 11.9. The molecule has 0 bridgehead atoms. The van der Waals surface area contributed by atoms with Gasteiger partial charge in [-0.15, -0.1) is 0 Å². The summed E-state index contributed by atoms with van der Waals surface area (Å²) in [6.07, 6.45) is 5.14. The van der Waals surface area contributed by atoms with Crippen molar-refractivity contribution in [2.24, 2.45) is 0 Å². The fourth-order valence-corrected chi connectivity index (χ4v) is 1.93. The Labute approximate surface area is 101 Å². The summed E-state index contributed by atoms with van der Waals surface area (Å²) >= 11 is 0. The Morgan fingerprint density at radius 3 is 2.76 bits per heavy atom. The monoisotopic (exact) mass is 229 g/mol. The third kappa shape index (κ3) is 2.96. The Kier molecular flexibility index (Phi) is 3.97. The summed E-state index contributed by atoms with van der Waals surface area (Å²) in [4.78, 5) is 11.8. The Balaban J connectivity index is 2.16.